The highest BCUT2D eigenvalue weighted by Crippen LogP contribution is 2.13. The fourth-order valence-corrected chi connectivity index (χ4v) is 2.83. The number of amides is 2. The number of nitrogens with one attached hydrogen (secondary N) is 1. The van der Waals surface area contributed by atoms with Gasteiger partial charge in [0.1, 0.15) is 0 Å². The summed E-state index contributed by atoms with van der Waals surface area (Å²) < 4.78 is 5.25. The number of hydrogen-bond acceptors (Lipinski definition) is 5. The van der Waals surface area contributed by atoms with E-state index in [-0.39, 0.29) is 12.1 Å². The Bertz CT molecular complexity index is 665. The normalized spacial score (nSPS) is 16.8. The van der Waals surface area contributed by atoms with Gasteiger partial charge in [0.05, 0.1) is 18.3 Å². The highest BCUT2D eigenvalue weighted by atomic mass is 16.5. The van der Waals surface area contributed by atoms with Gasteiger partial charge in [0.15, 0.2) is 5.76 Å². The SMILES string of the molecule is Cc1cc(CN2CCN(C(=O)N[C@H](C)c3ccncc3)CC2)on1. The van der Waals surface area contributed by atoms with E-state index in [1.54, 1.807) is 12.4 Å². The Labute approximate surface area is 141 Å². The van der Waals surface area contributed by atoms with Crippen molar-refractivity contribution >= 4 is 6.03 Å². The van der Waals surface area contributed by atoms with E-state index in [1.165, 1.54) is 0 Å². The summed E-state index contributed by atoms with van der Waals surface area (Å²) in [5.74, 6) is 0.872. The lowest BCUT2D eigenvalue weighted by Crippen LogP contribution is -2.51. The van der Waals surface area contributed by atoms with Crippen molar-refractivity contribution in [1.29, 1.82) is 0 Å². The third-order valence-corrected chi connectivity index (χ3v) is 4.26. The molecule has 1 N–H and O–H groups in total. The number of aryl methyl sites for hydroxylation is 1. The number of hydrogen-bond donors (Lipinski definition) is 1. The maximum Gasteiger partial charge on any atom is 0.317 e. The Morgan fingerprint density at radius 2 is 2.00 bits per heavy atom. The van der Waals surface area contributed by atoms with Crippen molar-refractivity contribution < 1.29 is 9.32 Å². The predicted octanol–water partition coefficient (Wildman–Crippen LogP) is 1.97. The molecule has 3 heterocycles. The van der Waals surface area contributed by atoms with Gasteiger partial charge in [0.2, 0.25) is 0 Å². The van der Waals surface area contributed by atoms with Crippen molar-refractivity contribution in [3.8, 4) is 0 Å². The van der Waals surface area contributed by atoms with Gasteiger partial charge >= 0.3 is 6.03 Å². The van der Waals surface area contributed by atoms with Crippen LogP contribution in [0.15, 0.2) is 35.1 Å². The van der Waals surface area contributed by atoms with E-state index in [9.17, 15) is 4.79 Å². The van der Waals surface area contributed by atoms with Crippen molar-refractivity contribution in [1.82, 2.24) is 25.3 Å². The topological polar surface area (TPSA) is 74.5 Å². The minimum absolute atomic E-state index is 0.0190. The Morgan fingerprint density at radius 1 is 1.29 bits per heavy atom. The third kappa shape index (κ3) is 4.11. The van der Waals surface area contributed by atoms with Crippen LogP contribution in [0, 0.1) is 6.92 Å². The van der Waals surface area contributed by atoms with Gasteiger partial charge in [-0.1, -0.05) is 5.16 Å². The van der Waals surface area contributed by atoms with Crippen molar-refractivity contribution in [2.24, 2.45) is 0 Å². The van der Waals surface area contributed by atoms with E-state index >= 15 is 0 Å². The molecule has 2 amide bonds. The van der Waals surface area contributed by atoms with Crippen LogP contribution in [0.25, 0.3) is 0 Å². The van der Waals surface area contributed by atoms with Gasteiger partial charge in [-0.25, -0.2) is 4.79 Å². The summed E-state index contributed by atoms with van der Waals surface area (Å²) in [6.07, 6.45) is 3.48. The van der Waals surface area contributed by atoms with Gasteiger partial charge < -0.3 is 14.7 Å². The maximum absolute atomic E-state index is 12.4. The first-order valence-corrected chi connectivity index (χ1v) is 8.22. The van der Waals surface area contributed by atoms with Crippen molar-refractivity contribution in [2.45, 2.75) is 26.4 Å². The Hall–Kier alpha value is -2.41. The number of carbonyl (C=O) groups excluding carboxylic acids is 1. The molecule has 2 aromatic rings. The molecule has 0 aromatic carbocycles. The predicted molar refractivity (Wildman–Crippen MR) is 89.3 cm³/mol. The molecule has 7 heteroatoms. The van der Waals surface area contributed by atoms with E-state index in [2.05, 4.69) is 20.4 Å². The van der Waals surface area contributed by atoms with Crippen LogP contribution in [0.1, 0.15) is 30.0 Å². The van der Waals surface area contributed by atoms with Crippen LogP contribution in [-0.2, 0) is 6.54 Å². The summed E-state index contributed by atoms with van der Waals surface area (Å²) in [6.45, 7) is 7.72. The Balaban J connectivity index is 1.46. The minimum Gasteiger partial charge on any atom is -0.360 e. The zero-order valence-electron chi connectivity index (χ0n) is 14.1. The van der Waals surface area contributed by atoms with Crippen LogP contribution in [0.5, 0.6) is 0 Å². The fourth-order valence-electron chi connectivity index (χ4n) is 2.83. The summed E-state index contributed by atoms with van der Waals surface area (Å²) in [7, 11) is 0. The molecular formula is C17H23N5O2. The summed E-state index contributed by atoms with van der Waals surface area (Å²) in [5.41, 5.74) is 1.95. The highest BCUT2D eigenvalue weighted by Gasteiger charge is 2.23. The summed E-state index contributed by atoms with van der Waals surface area (Å²) in [5, 5.41) is 6.95. The molecule has 24 heavy (non-hydrogen) atoms. The number of nitrogens with zero attached hydrogens (tertiary/aromatic N) is 4. The van der Waals surface area contributed by atoms with Crippen LogP contribution < -0.4 is 5.32 Å². The minimum atomic E-state index is -0.0318. The average molecular weight is 329 g/mol. The van der Waals surface area contributed by atoms with Crippen LogP contribution >= 0.6 is 0 Å². The van der Waals surface area contributed by atoms with Gasteiger partial charge in [-0.15, -0.1) is 0 Å². The zero-order valence-corrected chi connectivity index (χ0v) is 14.1. The first-order valence-electron chi connectivity index (χ1n) is 8.22. The molecule has 2 aromatic heterocycles. The van der Waals surface area contributed by atoms with Crippen LogP contribution in [0.2, 0.25) is 0 Å². The number of rotatable bonds is 4. The average Bonchev–Trinajstić information content (AvgIpc) is 3.01. The Kier molecular flexibility index (Phi) is 5.10. The summed E-state index contributed by atoms with van der Waals surface area (Å²) >= 11 is 0. The van der Waals surface area contributed by atoms with Crippen LogP contribution in [0.3, 0.4) is 0 Å². The lowest BCUT2D eigenvalue weighted by Gasteiger charge is -2.34. The molecule has 0 spiro atoms. The second kappa shape index (κ2) is 7.44. The zero-order chi connectivity index (χ0) is 16.9. The molecule has 1 aliphatic heterocycles. The van der Waals surface area contributed by atoms with Crippen molar-refractivity contribution in [3.05, 3.63) is 47.6 Å². The third-order valence-electron chi connectivity index (χ3n) is 4.26. The van der Waals surface area contributed by atoms with E-state index in [4.69, 9.17) is 4.52 Å². The number of piperazine rings is 1. The number of pyridine rings is 1. The van der Waals surface area contributed by atoms with Crippen molar-refractivity contribution in [2.75, 3.05) is 26.2 Å². The summed E-state index contributed by atoms with van der Waals surface area (Å²) in [6, 6.07) is 5.74. The number of urea groups is 1. The van der Waals surface area contributed by atoms with E-state index < -0.39 is 0 Å². The van der Waals surface area contributed by atoms with E-state index in [1.807, 2.05) is 36.9 Å². The van der Waals surface area contributed by atoms with Crippen molar-refractivity contribution in [3.63, 3.8) is 0 Å². The second-order valence-electron chi connectivity index (χ2n) is 6.15. The van der Waals surface area contributed by atoms with Gasteiger partial charge in [-0.05, 0) is 31.5 Å². The van der Waals surface area contributed by atoms with Crippen LogP contribution in [0.4, 0.5) is 4.79 Å². The summed E-state index contributed by atoms with van der Waals surface area (Å²) in [4.78, 5) is 20.5. The molecule has 7 nitrogen and oxygen atoms in total. The molecule has 0 bridgehead atoms. The van der Waals surface area contributed by atoms with Crippen LogP contribution in [-0.4, -0.2) is 52.2 Å². The monoisotopic (exact) mass is 329 g/mol. The van der Waals surface area contributed by atoms with E-state index in [0.717, 1.165) is 36.7 Å². The molecule has 0 radical (unpaired) electrons. The lowest BCUT2D eigenvalue weighted by molar-refractivity contribution is 0.126. The van der Waals surface area contributed by atoms with E-state index in [0.29, 0.717) is 13.1 Å². The second-order valence-corrected chi connectivity index (χ2v) is 6.15. The quantitative estimate of drug-likeness (QED) is 0.928. The lowest BCUT2D eigenvalue weighted by atomic mass is 10.1. The number of carbonyl (C=O) groups is 1. The maximum atomic E-state index is 12.4. The molecule has 1 atom stereocenters. The molecule has 0 aliphatic carbocycles. The first-order chi connectivity index (χ1) is 11.6. The molecule has 0 unspecified atom stereocenters. The Morgan fingerprint density at radius 3 is 2.62 bits per heavy atom. The molecule has 3 rings (SSSR count). The van der Waals surface area contributed by atoms with Gasteiger partial charge in [0, 0.05) is 44.6 Å². The molecule has 0 saturated carbocycles. The number of aromatic nitrogens is 2. The van der Waals surface area contributed by atoms with Gasteiger partial charge in [-0.3, -0.25) is 9.88 Å². The first kappa shape index (κ1) is 16.4. The molecule has 128 valence electrons. The van der Waals surface area contributed by atoms with Gasteiger partial charge in [0.25, 0.3) is 0 Å². The largest absolute Gasteiger partial charge is 0.360 e. The fraction of sp³-hybridized carbons (Fsp3) is 0.471. The highest BCUT2D eigenvalue weighted by molar-refractivity contribution is 5.74. The molecule has 1 saturated heterocycles. The van der Waals surface area contributed by atoms with Gasteiger partial charge in [-0.2, -0.15) is 0 Å². The molecular weight excluding hydrogens is 306 g/mol. The smallest absolute Gasteiger partial charge is 0.317 e. The standard InChI is InChI=1S/C17H23N5O2/c1-13-11-16(24-20-13)12-21-7-9-22(10-8-21)17(23)19-14(2)15-3-5-18-6-4-15/h3-6,11,14H,7-10,12H2,1-2H3,(H,19,23)/t14-/m1/s1. The molecule has 1 fully saturated rings. The molecule has 1 aliphatic rings.